The van der Waals surface area contributed by atoms with Crippen molar-refractivity contribution in [3.05, 3.63) is 48.1 Å². The topological polar surface area (TPSA) is 44.8 Å². The fraction of sp³-hybridized carbons (Fsp3) is 0.389. The monoisotopic (exact) mass is 304 g/mol. The number of hydrogen-bond donors (Lipinski definition) is 0. The summed E-state index contributed by atoms with van der Waals surface area (Å²) in [6, 6.07) is 7.65. The maximum atomic E-state index is 11.4. The molecule has 0 saturated carbocycles. The molecule has 1 aromatic rings. The van der Waals surface area contributed by atoms with Crippen LogP contribution in [-0.4, -0.2) is 32.9 Å². The van der Waals surface area contributed by atoms with E-state index >= 15 is 0 Å². The Morgan fingerprint density at radius 2 is 1.86 bits per heavy atom. The minimum Gasteiger partial charge on any atom is -0.497 e. The van der Waals surface area contributed by atoms with Gasteiger partial charge in [-0.15, -0.1) is 0 Å². The summed E-state index contributed by atoms with van der Waals surface area (Å²) in [5, 5.41) is 0. The molecule has 0 radical (unpaired) electrons. The van der Waals surface area contributed by atoms with Gasteiger partial charge in [-0.1, -0.05) is 43.7 Å². The summed E-state index contributed by atoms with van der Waals surface area (Å²) in [7, 11) is 1.63. The largest absolute Gasteiger partial charge is 0.497 e. The van der Waals surface area contributed by atoms with Gasteiger partial charge in [0.05, 0.1) is 13.7 Å². The Morgan fingerprint density at radius 3 is 2.55 bits per heavy atom. The van der Waals surface area contributed by atoms with Crippen molar-refractivity contribution in [1.29, 1.82) is 0 Å². The number of unbranched alkanes of at least 4 members (excludes halogenated alkanes) is 1. The van der Waals surface area contributed by atoms with Gasteiger partial charge in [-0.05, 0) is 24.1 Å². The van der Waals surface area contributed by atoms with E-state index in [1.165, 1.54) is 6.08 Å². The van der Waals surface area contributed by atoms with Gasteiger partial charge in [-0.25, -0.2) is 4.79 Å². The van der Waals surface area contributed by atoms with Crippen molar-refractivity contribution >= 4 is 12.0 Å². The first-order chi connectivity index (χ1) is 10.8. The molecule has 0 saturated heterocycles. The molecule has 4 nitrogen and oxygen atoms in total. The number of esters is 1. The first kappa shape index (κ1) is 18.0. The van der Waals surface area contributed by atoms with Gasteiger partial charge in [0.1, 0.15) is 12.4 Å². The number of hydrogen-bond acceptors (Lipinski definition) is 4. The Hall–Kier alpha value is -2.07. The third-order valence-corrected chi connectivity index (χ3v) is 2.86. The minimum absolute atomic E-state index is 0.287. The number of benzene rings is 1. The highest BCUT2D eigenvalue weighted by molar-refractivity contribution is 5.82. The third-order valence-electron chi connectivity index (χ3n) is 2.86. The number of allylic oxidation sites excluding steroid dienone is 2. The van der Waals surface area contributed by atoms with Gasteiger partial charge in [-0.3, -0.25) is 0 Å². The van der Waals surface area contributed by atoms with Crippen LogP contribution in [0.1, 0.15) is 25.3 Å². The van der Waals surface area contributed by atoms with Gasteiger partial charge in [0.25, 0.3) is 0 Å². The average Bonchev–Trinajstić information content (AvgIpc) is 2.55. The molecule has 0 aromatic heterocycles. The van der Waals surface area contributed by atoms with E-state index < -0.39 is 0 Å². The first-order valence-electron chi connectivity index (χ1n) is 7.49. The van der Waals surface area contributed by atoms with E-state index in [-0.39, 0.29) is 12.6 Å². The minimum atomic E-state index is -0.363. The Bertz CT molecular complexity index is 474. The second-order valence-electron chi connectivity index (χ2n) is 4.62. The average molecular weight is 304 g/mol. The molecule has 0 aliphatic rings. The quantitative estimate of drug-likeness (QED) is 0.287. The normalized spacial score (nSPS) is 11.2. The van der Waals surface area contributed by atoms with Gasteiger partial charge < -0.3 is 14.2 Å². The molecule has 1 rings (SSSR count). The van der Waals surface area contributed by atoms with Gasteiger partial charge >= 0.3 is 5.97 Å². The SMILES string of the molecule is CCCCOCCOC(=O)/C=C/C=C/c1ccc(OC)cc1. The molecule has 0 aliphatic carbocycles. The van der Waals surface area contributed by atoms with Crippen molar-refractivity contribution in [3.63, 3.8) is 0 Å². The molecule has 0 spiro atoms. The number of carbonyl (C=O) groups is 1. The number of rotatable bonds is 10. The zero-order valence-electron chi connectivity index (χ0n) is 13.3. The van der Waals surface area contributed by atoms with E-state index in [9.17, 15) is 4.79 Å². The molecule has 0 amide bonds. The molecule has 0 unspecified atom stereocenters. The predicted molar refractivity (Wildman–Crippen MR) is 87.9 cm³/mol. The van der Waals surface area contributed by atoms with Gasteiger partial charge in [0.15, 0.2) is 0 Å². The zero-order valence-corrected chi connectivity index (χ0v) is 13.3. The van der Waals surface area contributed by atoms with E-state index in [1.807, 2.05) is 30.3 Å². The van der Waals surface area contributed by atoms with Crippen LogP contribution in [0.15, 0.2) is 42.5 Å². The molecule has 0 atom stereocenters. The van der Waals surface area contributed by atoms with Crippen molar-refractivity contribution in [1.82, 2.24) is 0 Å². The lowest BCUT2D eigenvalue weighted by Gasteiger charge is -2.03. The molecule has 120 valence electrons. The molecule has 0 aliphatic heterocycles. The van der Waals surface area contributed by atoms with Crippen LogP contribution < -0.4 is 4.74 Å². The van der Waals surface area contributed by atoms with Gasteiger partial charge in [-0.2, -0.15) is 0 Å². The fourth-order valence-electron chi connectivity index (χ4n) is 1.61. The molecule has 0 bridgehead atoms. The van der Waals surface area contributed by atoms with Crippen molar-refractivity contribution in [2.75, 3.05) is 26.9 Å². The van der Waals surface area contributed by atoms with Crippen LogP contribution >= 0.6 is 0 Å². The third kappa shape index (κ3) is 8.27. The number of methoxy groups -OCH3 is 1. The van der Waals surface area contributed by atoms with Crippen molar-refractivity contribution in [3.8, 4) is 5.75 Å². The molecule has 0 fully saturated rings. The predicted octanol–water partition coefficient (Wildman–Crippen LogP) is 3.62. The summed E-state index contributed by atoms with van der Waals surface area (Å²) in [5.41, 5.74) is 1.03. The smallest absolute Gasteiger partial charge is 0.330 e. The maximum absolute atomic E-state index is 11.4. The van der Waals surface area contributed by atoms with Crippen LogP contribution in [0.25, 0.3) is 6.08 Å². The van der Waals surface area contributed by atoms with Crippen LogP contribution in [0.4, 0.5) is 0 Å². The second-order valence-corrected chi connectivity index (χ2v) is 4.62. The van der Waals surface area contributed by atoms with Crippen LogP contribution in [0.2, 0.25) is 0 Å². The Kier molecular flexibility index (Phi) is 9.46. The molecule has 22 heavy (non-hydrogen) atoms. The van der Waals surface area contributed by atoms with E-state index in [1.54, 1.807) is 19.3 Å². The summed E-state index contributed by atoms with van der Waals surface area (Å²) >= 11 is 0. The van der Waals surface area contributed by atoms with E-state index in [0.29, 0.717) is 13.2 Å². The van der Waals surface area contributed by atoms with Crippen molar-refractivity contribution in [2.45, 2.75) is 19.8 Å². The van der Waals surface area contributed by atoms with Crippen LogP contribution in [0.5, 0.6) is 5.75 Å². The Balaban J connectivity index is 2.20. The van der Waals surface area contributed by atoms with E-state index in [4.69, 9.17) is 14.2 Å². The summed E-state index contributed by atoms with van der Waals surface area (Å²) in [5.74, 6) is 0.455. The summed E-state index contributed by atoms with van der Waals surface area (Å²) in [6.45, 7) is 3.55. The lowest BCUT2D eigenvalue weighted by Crippen LogP contribution is -2.08. The maximum Gasteiger partial charge on any atom is 0.330 e. The highest BCUT2D eigenvalue weighted by atomic mass is 16.6. The van der Waals surface area contributed by atoms with E-state index in [0.717, 1.165) is 24.2 Å². The molecule has 0 N–H and O–H groups in total. The van der Waals surface area contributed by atoms with Gasteiger partial charge in [0.2, 0.25) is 0 Å². The molecular weight excluding hydrogens is 280 g/mol. The van der Waals surface area contributed by atoms with Crippen LogP contribution in [-0.2, 0) is 14.3 Å². The molecule has 4 heteroatoms. The Labute approximate surface area is 132 Å². The summed E-state index contributed by atoms with van der Waals surface area (Å²) in [4.78, 5) is 11.4. The summed E-state index contributed by atoms with van der Waals surface area (Å²) < 4.78 is 15.4. The fourth-order valence-corrected chi connectivity index (χ4v) is 1.61. The molecular formula is C18H24O4. The standard InChI is InChI=1S/C18H24O4/c1-3-4-13-21-14-15-22-18(19)8-6-5-7-16-9-11-17(20-2)12-10-16/h5-12H,3-4,13-15H2,1-2H3/b7-5+,8-6+. The Morgan fingerprint density at radius 1 is 1.09 bits per heavy atom. The number of ether oxygens (including phenoxy) is 3. The first-order valence-corrected chi connectivity index (χ1v) is 7.49. The highest BCUT2D eigenvalue weighted by Crippen LogP contribution is 2.12. The zero-order chi connectivity index (χ0) is 16.0. The van der Waals surface area contributed by atoms with E-state index in [2.05, 4.69) is 6.92 Å². The second kappa shape index (κ2) is 11.6. The number of carbonyl (C=O) groups excluding carboxylic acids is 1. The van der Waals surface area contributed by atoms with Gasteiger partial charge in [0, 0.05) is 12.7 Å². The van der Waals surface area contributed by atoms with Crippen LogP contribution in [0, 0.1) is 0 Å². The van der Waals surface area contributed by atoms with Crippen molar-refractivity contribution in [2.24, 2.45) is 0 Å². The lowest BCUT2D eigenvalue weighted by atomic mass is 10.2. The molecule has 1 aromatic carbocycles. The lowest BCUT2D eigenvalue weighted by molar-refractivity contribution is -0.139. The molecule has 0 heterocycles. The van der Waals surface area contributed by atoms with Crippen LogP contribution in [0.3, 0.4) is 0 Å². The highest BCUT2D eigenvalue weighted by Gasteiger charge is 1.95. The van der Waals surface area contributed by atoms with Crippen molar-refractivity contribution < 1.29 is 19.0 Å². The summed E-state index contributed by atoms with van der Waals surface area (Å²) in [6.07, 6.45) is 8.88.